The van der Waals surface area contributed by atoms with E-state index < -0.39 is 10.0 Å². The van der Waals surface area contributed by atoms with Crippen LogP contribution in [0.3, 0.4) is 0 Å². The van der Waals surface area contributed by atoms with Gasteiger partial charge in [0.2, 0.25) is 10.0 Å². The lowest BCUT2D eigenvalue weighted by molar-refractivity contribution is 0.565. The molecule has 1 aromatic carbocycles. The van der Waals surface area contributed by atoms with Crippen LogP contribution in [0.4, 0.5) is 0 Å². The second kappa shape index (κ2) is 5.09. The van der Waals surface area contributed by atoms with E-state index in [2.05, 4.69) is 20.7 Å². The zero-order valence-electron chi connectivity index (χ0n) is 8.70. The minimum absolute atomic E-state index is 0.0822. The van der Waals surface area contributed by atoms with E-state index in [1.54, 1.807) is 0 Å². The molecule has 0 heterocycles. The molecule has 0 amide bonds. The molecule has 0 bridgehead atoms. The van der Waals surface area contributed by atoms with Crippen LogP contribution < -0.4 is 4.72 Å². The van der Waals surface area contributed by atoms with Crippen molar-refractivity contribution in [2.75, 3.05) is 6.26 Å². The first-order valence-electron chi connectivity index (χ1n) is 4.58. The Morgan fingerprint density at radius 1 is 1.33 bits per heavy atom. The minimum Gasteiger partial charge on any atom is -0.213 e. The fourth-order valence-electron chi connectivity index (χ4n) is 1.38. The Hall–Kier alpha value is -0.390. The first-order chi connectivity index (χ1) is 6.87. The van der Waals surface area contributed by atoms with E-state index in [1.165, 1.54) is 6.26 Å². The lowest BCUT2D eigenvalue weighted by atomic mass is 10.1. The van der Waals surface area contributed by atoms with E-state index in [4.69, 9.17) is 0 Å². The molecule has 0 saturated heterocycles. The van der Waals surface area contributed by atoms with Crippen molar-refractivity contribution in [2.24, 2.45) is 0 Å². The van der Waals surface area contributed by atoms with Gasteiger partial charge in [-0.3, -0.25) is 0 Å². The van der Waals surface area contributed by atoms with Gasteiger partial charge in [0, 0.05) is 10.5 Å². The summed E-state index contributed by atoms with van der Waals surface area (Å²) in [4.78, 5) is 0. The Morgan fingerprint density at radius 3 is 2.33 bits per heavy atom. The number of hydrogen-bond acceptors (Lipinski definition) is 2. The van der Waals surface area contributed by atoms with Gasteiger partial charge in [0.05, 0.1) is 6.26 Å². The summed E-state index contributed by atoms with van der Waals surface area (Å²) in [6.07, 6.45) is 1.87. The summed E-state index contributed by atoms with van der Waals surface area (Å²) >= 11 is 3.35. The van der Waals surface area contributed by atoms with Crippen LogP contribution in [0.1, 0.15) is 12.5 Å². The van der Waals surface area contributed by atoms with Gasteiger partial charge in [-0.2, -0.15) is 0 Å². The third-order valence-corrected chi connectivity index (χ3v) is 3.23. The molecule has 0 spiro atoms. The minimum atomic E-state index is -3.11. The van der Waals surface area contributed by atoms with Crippen molar-refractivity contribution in [3.8, 4) is 0 Å². The smallest absolute Gasteiger partial charge is 0.208 e. The fourth-order valence-corrected chi connectivity index (χ4v) is 2.46. The first kappa shape index (κ1) is 12.7. The molecule has 0 aromatic heterocycles. The van der Waals surface area contributed by atoms with Gasteiger partial charge in [-0.05, 0) is 31.0 Å². The second-order valence-electron chi connectivity index (χ2n) is 3.62. The summed E-state index contributed by atoms with van der Waals surface area (Å²) in [5.74, 6) is 0. The maximum atomic E-state index is 11.0. The van der Waals surface area contributed by atoms with Gasteiger partial charge in [0.15, 0.2) is 0 Å². The first-order valence-corrected chi connectivity index (χ1v) is 7.27. The lowest BCUT2D eigenvalue weighted by Crippen LogP contribution is -2.33. The number of nitrogens with one attached hydrogen (secondary N) is 1. The SMILES string of the molecule is C[C@H](Cc1ccc(Br)cc1)NS(C)(=O)=O. The van der Waals surface area contributed by atoms with Gasteiger partial charge < -0.3 is 0 Å². The maximum Gasteiger partial charge on any atom is 0.208 e. The van der Waals surface area contributed by atoms with Crippen LogP contribution >= 0.6 is 15.9 Å². The molecule has 0 fully saturated rings. The van der Waals surface area contributed by atoms with Crippen molar-refractivity contribution in [2.45, 2.75) is 19.4 Å². The van der Waals surface area contributed by atoms with E-state index >= 15 is 0 Å². The van der Waals surface area contributed by atoms with E-state index in [-0.39, 0.29) is 6.04 Å². The zero-order valence-corrected chi connectivity index (χ0v) is 11.1. The summed E-state index contributed by atoms with van der Waals surface area (Å²) in [6.45, 7) is 1.85. The predicted octanol–water partition coefficient (Wildman–Crippen LogP) is 1.93. The Balaban J connectivity index is 2.59. The molecule has 1 aromatic rings. The molecule has 15 heavy (non-hydrogen) atoms. The maximum absolute atomic E-state index is 11.0. The molecule has 0 aliphatic carbocycles. The number of hydrogen-bond donors (Lipinski definition) is 1. The molecule has 0 unspecified atom stereocenters. The van der Waals surface area contributed by atoms with Crippen LogP contribution in [0.25, 0.3) is 0 Å². The number of rotatable bonds is 4. The topological polar surface area (TPSA) is 46.2 Å². The van der Waals surface area contributed by atoms with E-state index in [1.807, 2.05) is 31.2 Å². The average molecular weight is 292 g/mol. The van der Waals surface area contributed by atoms with Crippen LogP contribution in [0, 0.1) is 0 Å². The molecule has 1 N–H and O–H groups in total. The summed E-state index contributed by atoms with van der Waals surface area (Å²) in [5.41, 5.74) is 1.11. The predicted molar refractivity (Wildman–Crippen MR) is 65.3 cm³/mol. The number of halogens is 1. The molecular formula is C10H14BrNO2S. The molecular weight excluding hydrogens is 278 g/mol. The van der Waals surface area contributed by atoms with Crippen LogP contribution in [0.2, 0.25) is 0 Å². The Morgan fingerprint density at radius 2 is 1.87 bits per heavy atom. The molecule has 3 nitrogen and oxygen atoms in total. The Bertz CT molecular complexity index is 414. The molecule has 84 valence electrons. The summed E-state index contributed by atoms with van der Waals surface area (Å²) in [5, 5.41) is 0. The summed E-state index contributed by atoms with van der Waals surface area (Å²) in [6, 6.07) is 7.77. The Kier molecular flexibility index (Phi) is 4.31. The van der Waals surface area contributed by atoms with Crippen molar-refractivity contribution in [3.63, 3.8) is 0 Å². The third kappa shape index (κ3) is 5.30. The quantitative estimate of drug-likeness (QED) is 0.921. The second-order valence-corrected chi connectivity index (χ2v) is 6.32. The fraction of sp³-hybridized carbons (Fsp3) is 0.400. The van der Waals surface area contributed by atoms with Crippen molar-refractivity contribution < 1.29 is 8.42 Å². The van der Waals surface area contributed by atoms with E-state index in [9.17, 15) is 8.42 Å². The van der Waals surface area contributed by atoms with Crippen molar-refractivity contribution in [1.82, 2.24) is 4.72 Å². The average Bonchev–Trinajstić information content (AvgIpc) is 2.05. The van der Waals surface area contributed by atoms with Gasteiger partial charge >= 0.3 is 0 Å². The highest BCUT2D eigenvalue weighted by Gasteiger charge is 2.08. The number of benzene rings is 1. The van der Waals surface area contributed by atoms with Crippen molar-refractivity contribution in [3.05, 3.63) is 34.3 Å². The molecule has 1 atom stereocenters. The van der Waals surface area contributed by atoms with Crippen LogP contribution in [0.5, 0.6) is 0 Å². The van der Waals surface area contributed by atoms with Gasteiger partial charge in [0.25, 0.3) is 0 Å². The van der Waals surface area contributed by atoms with Crippen LogP contribution in [0.15, 0.2) is 28.7 Å². The molecule has 0 saturated carbocycles. The largest absolute Gasteiger partial charge is 0.213 e. The molecule has 1 rings (SSSR count). The lowest BCUT2D eigenvalue weighted by Gasteiger charge is -2.11. The Labute approximate surface area is 99.1 Å². The summed E-state index contributed by atoms with van der Waals surface area (Å²) < 4.78 is 25.5. The molecule has 0 radical (unpaired) electrons. The van der Waals surface area contributed by atoms with E-state index in [0.717, 1.165) is 10.0 Å². The van der Waals surface area contributed by atoms with Gasteiger partial charge in [-0.15, -0.1) is 0 Å². The summed E-state index contributed by atoms with van der Waals surface area (Å²) in [7, 11) is -3.11. The van der Waals surface area contributed by atoms with Gasteiger partial charge in [-0.1, -0.05) is 28.1 Å². The van der Waals surface area contributed by atoms with Crippen LogP contribution in [-0.4, -0.2) is 20.7 Å². The van der Waals surface area contributed by atoms with E-state index in [0.29, 0.717) is 6.42 Å². The highest BCUT2D eigenvalue weighted by atomic mass is 79.9. The van der Waals surface area contributed by atoms with Gasteiger partial charge in [0.1, 0.15) is 0 Å². The van der Waals surface area contributed by atoms with Crippen molar-refractivity contribution >= 4 is 26.0 Å². The third-order valence-electron chi connectivity index (χ3n) is 1.87. The molecule has 0 aliphatic rings. The number of sulfonamides is 1. The van der Waals surface area contributed by atoms with Gasteiger partial charge in [-0.25, -0.2) is 13.1 Å². The standard InChI is InChI=1S/C10H14BrNO2S/c1-8(12-15(2,13)14)7-9-3-5-10(11)6-4-9/h3-6,8,12H,7H2,1-2H3/t8-/m1/s1. The van der Waals surface area contributed by atoms with Crippen LogP contribution in [-0.2, 0) is 16.4 Å². The monoisotopic (exact) mass is 291 g/mol. The highest BCUT2D eigenvalue weighted by Crippen LogP contribution is 2.11. The molecule has 0 aliphatic heterocycles. The highest BCUT2D eigenvalue weighted by molar-refractivity contribution is 9.10. The van der Waals surface area contributed by atoms with Crippen molar-refractivity contribution in [1.29, 1.82) is 0 Å². The molecule has 5 heteroatoms. The zero-order chi connectivity index (χ0) is 11.5. The normalized spacial score (nSPS) is 13.8.